The van der Waals surface area contributed by atoms with Gasteiger partial charge in [-0.1, -0.05) is 0 Å². The molecule has 0 amide bonds. The second-order valence-corrected chi connectivity index (χ2v) is 4.95. The molecule has 1 aliphatic heterocycles. The van der Waals surface area contributed by atoms with Crippen LogP contribution in [-0.2, 0) is 0 Å². The van der Waals surface area contributed by atoms with Crippen molar-refractivity contribution in [2.45, 2.75) is 18.6 Å². The summed E-state index contributed by atoms with van der Waals surface area (Å²) in [5.41, 5.74) is 4.11. The van der Waals surface area contributed by atoms with E-state index in [1.807, 2.05) is 24.2 Å². The first-order valence-corrected chi connectivity index (χ1v) is 5.56. The van der Waals surface area contributed by atoms with Gasteiger partial charge in [0.15, 0.2) is 0 Å². The van der Waals surface area contributed by atoms with Gasteiger partial charge in [-0.3, -0.25) is 4.98 Å². The molecular formula is C11H11NS. The van der Waals surface area contributed by atoms with Gasteiger partial charge in [-0.2, -0.15) is 0 Å². The van der Waals surface area contributed by atoms with Crippen LogP contribution in [0.15, 0.2) is 23.9 Å². The SMILES string of the molecule is Cc1cncc(C2=CSC3CC23)c1. The first-order valence-electron chi connectivity index (χ1n) is 4.62. The van der Waals surface area contributed by atoms with Crippen LogP contribution in [0.2, 0.25) is 0 Å². The molecule has 2 heterocycles. The van der Waals surface area contributed by atoms with Gasteiger partial charge < -0.3 is 0 Å². The molecule has 1 nitrogen and oxygen atoms in total. The molecule has 1 saturated carbocycles. The van der Waals surface area contributed by atoms with Crippen LogP contribution in [0.4, 0.5) is 0 Å². The van der Waals surface area contributed by atoms with E-state index in [0.717, 1.165) is 11.2 Å². The van der Waals surface area contributed by atoms with Gasteiger partial charge in [0.25, 0.3) is 0 Å². The Morgan fingerprint density at radius 2 is 2.38 bits per heavy atom. The molecule has 0 aromatic carbocycles. The van der Waals surface area contributed by atoms with Crippen molar-refractivity contribution < 1.29 is 0 Å². The Morgan fingerprint density at radius 1 is 1.46 bits per heavy atom. The maximum atomic E-state index is 4.23. The number of hydrogen-bond acceptors (Lipinski definition) is 2. The molecule has 0 saturated heterocycles. The molecule has 0 bridgehead atoms. The number of aromatic nitrogens is 1. The Labute approximate surface area is 82.3 Å². The Bertz CT molecular complexity index is 383. The largest absolute Gasteiger partial charge is 0.264 e. The fraction of sp³-hybridized carbons (Fsp3) is 0.364. The van der Waals surface area contributed by atoms with Crippen LogP contribution >= 0.6 is 11.8 Å². The minimum Gasteiger partial charge on any atom is -0.264 e. The van der Waals surface area contributed by atoms with Gasteiger partial charge in [0, 0.05) is 17.6 Å². The van der Waals surface area contributed by atoms with Crippen molar-refractivity contribution >= 4 is 17.3 Å². The molecule has 3 rings (SSSR count). The molecule has 1 fully saturated rings. The van der Waals surface area contributed by atoms with Crippen LogP contribution in [0.3, 0.4) is 0 Å². The number of thioether (sulfide) groups is 1. The van der Waals surface area contributed by atoms with Crippen molar-refractivity contribution in [1.82, 2.24) is 4.98 Å². The van der Waals surface area contributed by atoms with Gasteiger partial charge in [0.2, 0.25) is 0 Å². The highest BCUT2D eigenvalue weighted by Gasteiger charge is 2.44. The monoisotopic (exact) mass is 189 g/mol. The lowest BCUT2D eigenvalue weighted by Gasteiger charge is -2.02. The highest BCUT2D eigenvalue weighted by molar-refractivity contribution is 8.03. The fourth-order valence-corrected chi connectivity index (χ4v) is 3.18. The maximum absolute atomic E-state index is 4.23. The summed E-state index contributed by atoms with van der Waals surface area (Å²) in [7, 11) is 0. The fourth-order valence-electron chi connectivity index (χ4n) is 1.89. The number of pyridine rings is 1. The standard InChI is InChI=1S/C11H11NS/c1-7-2-8(5-12-4-7)10-6-13-11-3-9(10)11/h2,4-6,9,11H,3H2,1H3. The van der Waals surface area contributed by atoms with Crippen molar-refractivity contribution in [3.63, 3.8) is 0 Å². The summed E-state index contributed by atoms with van der Waals surface area (Å²) < 4.78 is 0. The first kappa shape index (κ1) is 7.63. The van der Waals surface area contributed by atoms with E-state index in [0.29, 0.717) is 0 Å². The quantitative estimate of drug-likeness (QED) is 0.673. The van der Waals surface area contributed by atoms with E-state index in [-0.39, 0.29) is 0 Å². The summed E-state index contributed by atoms with van der Waals surface area (Å²) in [6.07, 6.45) is 5.28. The van der Waals surface area contributed by atoms with Crippen LogP contribution < -0.4 is 0 Å². The second-order valence-electron chi connectivity index (χ2n) is 3.84. The van der Waals surface area contributed by atoms with Gasteiger partial charge in [-0.25, -0.2) is 0 Å². The summed E-state index contributed by atoms with van der Waals surface area (Å²) in [5.74, 6) is 0.841. The zero-order valence-corrected chi connectivity index (χ0v) is 8.34. The molecule has 0 N–H and O–H groups in total. The van der Waals surface area contributed by atoms with Gasteiger partial charge >= 0.3 is 0 Å². The maximum Gasteiger partial charge on any atom is 0.0343 e. The van der Waals surface area contributed by atoms with Crippen molar-refractivity contribution in [2.24, 2.45) is 5.92 Å². The lowest BCUT2D eigenvalue weighted by atomic mass is 10.0. The third-order valence-corrected chi connectivity index (χ3v) is 3.97. The van der Waals surface area contributed by atoms with Gasteiger partial charge in [0.05, 0.1) is 0 Å². The molecule has 2 unspecified atom stereocenters. The van der Waals surface area contributed by atoms with Crippen molar-refractivity contribution in [3.05, 3.63) is 35.0 Å². The van der Waals surface area contributed by atoms with E-state index in [2.05, 4.69) is 23.4 Å². The number of hydrogen-bond donors (Lipinski definition) is 0. The lowest BCUT2D eigenvalue weighted by Crippen LogP contribution is -1.88. The van der Waals surface area contributed by atoms with Crippen LogP contribution in [0.5, 0.6) is 0 Å². The van der Waals surface area contributed by atoms with Crippen molar-refractivity contribution in [2.75, 3.05) is 0 Å². The number of allylic oxidation sites excluding steroid dienone is 1. The van der Waals surface area contributed by atoms with E-state index in [1.165, 1.54) is 23.1 Å². The zero-order valence-electron chi connectivity index (χ0n) is 7.53. The normalized spacial score (nSPS) is 29.8. The van der Waals surface area contributed by atoms with E-state index in [9.17, 15) is 0 Å². The van der Waals surface area contributed by atoms with E-state index < -0.39 is 0 Å². The lowest BCUT2D eigenvalue weighted by molar-refractivity contribution is 1.14. The van der Waals surface area contributed by atoms with Crippen molar-refractivity contribution in [1.29, 1.82) is 0 Å². The molecule has 2 heteroatoms. The molecule has 66 valence electrons. The van der Waals surface area contributed by atoms with E-state index >= 15 is 0 Å². The minimum atomic E-state index is 0.841. The number of fused-ring (bicyclic) bond motifs is 1. The Hall–Kier alpha value is -0.760. The summed E-state index contributed by atoms with van der Waals surface area (Å²) in [4.78, 5) is 4.23. The molecule has 1 aromatic heterocycles. The van der Waals surface area contributed by atoms with Crippen LogP contribution in [0.25, 0.3) is 5.57 Å². The third kappa shape index (κ3) is 1.20. The highest BCUT2D eigenvalue weighted by atomic mass is 32.2. The smallest absolute Gasteiger partial charge is 0.0343 e. The molecule has 0 spiro atoms. The summed E-state index contributed by atoms with van der Waals surface area (Å²) in [5, 5.41) is 3.21. The summed E-state index contributed by atoms with van der Waals surface area (Å²) in [6.45, 7) is 2.10. The average molecular weight is 189 g/mol. The first-order chi connectivity index (χ1) is 6.34. The molecule has 1 aliphatic carbocycles. The number of rotatable bonds is 1. The molecule has 2 aliphatic rings. The molecule has 2 atom stereocenters. The van der Waals surface area contributed by atoms with Crippen molar-refractivity contribution in [3.8, 4) is 0 Å². The zero-order chi connectivity index (χ0) is 8.84. The summed E-state index contributed by atoms with van der Waals surface area (Å²) >= 11 is 1.99. The van der Waals surface area contributed by atoms with Crippen LogP contribution in [-0.4, -0.2) is 10.2 Å². The predicted molar refractivity (Wildman–Crippen MR) is 56.4 cm³/mol. The molecular weight excluding hydrogens is 178 g/mol. The summed E-state index contributed by atoms with van der Waals surface area (Å²) in [6, 6.07) is 2.24. The van der Waals surface area contributed by atoms with E-state index in [1.54, 1.807) is 0 Å². The van der Waals surface area contributed by atoms with Gasteiger partial charge in [-0.05, 0) is 47.4 Å². The number of nitrogens with zero attached hydrogens (tertiary/aromatic N) is 1. The third-order valence-electron chi connectivity index (χ3n) is 2.71. The molecule has 13 heavy (non-hydrogen) atoms. The van der Waals surface area contributed by atoms with Gasteiger partial charge in [0.1, 0.15) is 0 Å². The van der Waals surface area contributed by atoms with E-state index in [4.69, 9.17) is 0 Å². The number of aryl methyl sites for hydroxylation is 1. The van der Waals surface area contributed by atoms with Crippen LogP contribution in [0.1, 0.15) is 17.5 Å². The average Bonchev–Trinajstić information content (AvgIpc) is 2.78. The highest BCUT2D eigenvalue weighted by Crippen LogP contribution is 2.56. The molecule has 0 radical (unpaired) electrons. The van der Waals surface area contributed by atoms with Crippen LogP contribution in [0, 0.1) is 12.8 Å². The second kappa shape index (κ2) is 2.61. The predicted octanol–water partition coefficient (Wildman–Crippen LogP) is 2.87. The topological polar surface area (TPSA) is 12.9 Å². The Balaban J connectivity index is 2.00. The minimum absolute atomic E-state index is 0.841. The Kier molecular flexibility index (Phi) is 1.53. The van der Waals surface area contributed by atoms with Gasteiger partial charge in [-0.15, -0.1) is 11.8 Å². The molecule has 1 aromatic rings. The Morgan fingerprint density at radius 3 is 3.00 bits per heavy atom.